The summed E-state index contributed by atoms with van der Waals surface area (Å²) in [5.74, 6) is -2.01. The van der Waals surface area contributed by atoms with Crippen molar-refractivity contribution in [1.82, 2.24) is 0 Å². The van der Waals surface area contributed by atoms with E-state index in [1.165, 1.54) is 141 Å². The van der Waals surface area contributed by atoms with E-state index in [0.29, 0.717) is 23.9 Å². The van der Waals surface area contributed by atoms with Gasteiger partial charge in [0, 0.05) is 12.8 Å². The lowest BCUT2D eigenvalue weighted by molar-refractivity contribution is -0.870. The SMILES string of the molecule is CCCCCC/C=C\C/C=C\CCCCCCCCCC(=O)OC(COC(=O)CCCCCCCCCCC/C=C\CCCCCCCC)COC(OCC[N+](C)(C)C)C(=O)O. The molecule has 62 heavy (non-hydrogen) atoms. The molecule has 9 heteroatoms. The zero-order valence-electron chi connectivity index (χ0n) is 41.0. The van der Waals surface area contributed by atoms with Crippen molar-refractivity contribution < 1.29 is 42.9 Å². The number of carbonyl (C=O) groups excluding carboxylic acids is 2. The molecule has 0 aliphatic rings. The van der Waals surface area contributed by atoms with E-state index in [1.807, 2.05) is 21.1 Å². The fourth-order valence-electron chi connectivity index (χ4n) is 7.10. The summed E-state index contributed by atoms with van der Waals surface area (Å²) < 4.78 is 22.8. The van der Waals surface area contributed by atoms with Crippen molar-refractivity contribution in [1.29, 1.82) is 0 Å². The summed E-state index contributed by atoms with van der Waals surface area (Å²) in [6, 6.07) is 0. The molecule has 0 saturated carbocycles. The maximum absolute atomic E-state index is 12.8. The average molecular weight is 877 g/mol. The van der Waals surface area contributed by atoms with E-state index in [1.54, 1.807) is 0 Å². The molecule has 0 aromatic heterocycles. The largest absolute Gasteiger partial charge is 0.477 e. The highest BCUT2D eigenvalue weighted by atomic mass is 16.7. The maximum atomic E-state index is 12.8. The second-order valence-corrected chi connectivity index (χ2v) is 18.5. The number of carboxylic acid groups (broad SMARTS) is 1. The number of quaternary nitrogens is 1. The van der Waals surface area contributed by atoms with Crippen LogP contribution in [0.4, 0.5) is 0 Å². The molecule has 0 heterocycles. The summed E-state index contributed by atoms with van der Waals surface area (Å²) in [6.07, 6.45) is 49.1. The summed E-state index contributed by atoms with van der Waals surface area (Å²) in [5, 5.41) is 9.67. The Morgan fingerprint density at radius 1 is 0.484 bits per heavy atom. The fourth-order valence-corrected chi connectivity index (χ4v) is 7.10. The maximum Gasteiger partial charge on any atom is 0.361 e. The van der Waals surface area contributed by atoms with Crippen LogP contribution >= 0.6 is 0 Å². The van der Waals surface area contributed by atoms with E-state index in [0.717, 1.165) is 51.4 Å². The van der Waals surface area contributed by atoms with E-state index in [9.17, 15) is 19.5 Å². The van der Waals surface area contributed by atoms with Gasteiger partial charge in [0.05, 0.1) is 34.4 Å². The number of carbonyl (C=O) groups is 3. The lowest BCUT2D eigenvalue weighted by Crippen LogP contribution is -2.40. The Balaban J connectivity index is 4.35. The smallest absolute Gasteiger partial charge is 0.361 e. The molecule has 0 aromatic carbocycles. The highest BCUT2D eigenvalue weighted by Crippen LogP contribution is 2.15. The molecule has 0 fully saturated rings. The van der Waals surface area contributed by atoms with Crippen LogP contribution < -0.4 is 0 Å². The van der Waals surface area contributed by atoms with Crippen LogP contribution in [0.3, 0.4) is 0 Å². The van der Waals surface area contributed by atoms with Crippen molar-refractivity contribution in [2.24, 2.45) is 0 Å². The predicted octanol–water partition coefficient (Wildman–Crippen LogP) is 14.2. The molecule has 0 spiro atoms. The third-order valence-corrected chi connectivity index (χ3v) is 11.1. The highest BCUT2D eigenvalue weighted by molar-refractivity contribution is 5.71. The van der Waals surface area contributed by atoms with Gasteiger partial charge in [-0.05, 0) is 70.6 Å². The Morgan fingerprint density at radius 3 is 1.31 bits per heavy atom. The van der Waals surface area contributed by atoms with Gasteiger partial charge in [-0.15, -0.1) is 0 Å². The van der Waals surface area contributed by atoms with Gasteiger partial charge in [-0.25, -0.2) is 4.79 Å². The Kier molecular flexibility index (Phi) is 43.3. The van der Waals surface area contributed by atoms with E-state index in [2.05, 4.69) is 50.3 Å². The van der Waals surface area contributed by atoms with E-state index in [-0.39, 0.29) is 32.2 Å². The normalized spacial score (nSPS) is 13.1. The van der Waals surface area contributed by atoms with E-state index >= 15 is 0 Å². The van der Waals surface area contributed by atoms with Crippen molar-refractivity contribution in [3.05, 3.63) is 36.5 Å². The van der Waals surface area contributed by atoms with Crippen molar-refractivity contribution in [3.8, 4) is 0 Å². The molecular weight excluding hydrogens is 779 g/mol. The van der Waals surface area contributed by atoms with Crippen molar-refractivity contribution in [2.45, 2.75) is 238 Å². The molecule has 0 aliphatic heterocycles. The molecule has 0 radical (unpaired) electrons. The lowest BCUT2D eigenvalue weighted by Gasteiger charge is -2.25. The van der Waals surface area contributed by atoms with Crippen LogP contribution in [-0.2, 0) is 33.3 Å². The third-order valence-electron chi connectivity index (χ3n) is 11.1. The van der Waals surface area contributed by atoms with Crippen molar-refractivity contribution in [2.75, 3.05) is 47.5 Å². The number of allylic oxidation sites excluding steroid dienone is 6. The Morgan fingerprint density at radius 2 is 0.871 bits per heavy atom. The first kappa shape index (κ1) is 59.5. The van der Waals surface area contributed by atoms with Gasteiger partial charge < -0.3 is 28.5 Å². The molecule has 0 rings (SSSR count). The summed E-state index contributed by atoms with van der Waals surface area (Å²) in [5.41, 5.74) is 0. The number of ether oxygens (including phenoxy) is 4. The first-order chi connectivity index (χ1) is 30.1. The third kappa shape index (κ3) is 45.5. The quantitative estimate of drug-likeness (QED) is 0.0212. The Hall–Kier alpha value is -2.49. The molecule has 2 atom stereocenters. The number of hydrogen-bond acceptors (Lipinski definition) is 7. The first-order valence-corrected chi connectivity index (χ1v) is 25.7. The van der Waals surface area contributed by atoms with Gasteiger partial charge in [0.15, 0.2) is 6.10 Å². The number of unbranched alkanes of at least 4 members (excludes halogenated alkanes) is 26. The highest BCUT2D eigenvalue weighted by Gasteiger charge is 2.25. The molecule has 0 bridgehead atoms. The monoisotopic (exact) mass is 877 g/mol. The summed E-state index contributed by atoms with van der Waals surface area (Å²) >= 11 is 0. The molecule has 0 aromatic rings. The molecule has 9 nitrogen and oxygen atoms in total. The molecule has 0 amide bonds. The van der Waals surface area contributed by atoms with E-state index in [4.69, 9.17) is 18.9 Å². The second kappa shape index (κ2) is 45.1. The van der Waals surface area contributed by atoms with Crippen LogP contribution in [0.5, 0.6) is 0 Å². The van der Waals surface area contributed by atoms with Gasteiger partial charge in [-0.3, -0.25) is 9.59 Å². The molecular formula is C53H98NO8+. The number of nitrogens with zero attached hydrogens (tertiary/aromatic N) is 1. The van der Waals surface area contributed by atoms with Crippen LogP contribution in [0, 0.1) is 0 Å². The average Bonchev–Trinajstić information content (AvgIpc) is 3.23. The van der Waals surface area contributed by atoms with Gasteiger partial charge in [-0.1, -0.05) is 179 Å². The van der Waals surface area contributed by atoms with Gasteiger partial charge in [0.2, 0.25) is 0 Å². The first-order valence-electron chi connectivity index (χ1n) is 25.7. The number of likely N-dealkylation sites (N-methyl/N-ethyl adjacent to an activating group) is 1. The van der Waals surface area contributed by atoms with Gasteiger partial charge in [0.25, 0.3) is 6.29 Å². The summed E-state index contributed by atoms with van der Waals surface area (Å²) in [7, 11) is 5.96. The standard InChI is InChI=1S/C53H97NO8/c1-6-8-10-12-14-16-18-20-22-24-26-28-29-31-33-35-37-39-41-43-50(55)60-47-49(48-61-53(52(57)58)59-46-45-54(3,4)5)62-51(56)44-42-40-38-36-34-32-30-27-25-23-21-19-17-15-13-11-9-7-2/h17,19-20,22-23,25,49,53H,6-16,18,21,24,26-48H2,1-5H3/p+1/b19-17-,22-20-,25-23-. The van der Waals surface area contributed by atoms with Crippen molar-refractivity contribution in [3.63, 3.8) is 0 Å². The zero-order chi connectivity index (χ0) is 45.6. The molecule has 0 saturated heterocycles. The van der Waals surface area contributed by atoms with Crippen LogP contribution in [0.15, 0.2) is 36.5 Å². The summed E-state index contributed by atoms with van der Waals surface area (Å²) in [6.45, 7) is 4.86. The summed E-state index contributed by atoms with van der Waals surface area (Å²) in [4.78, 5) is 37.3. The number of carboxylic acids is 1. The van der Waals surface area contributed by atoms with Crippen LogP contribution in [0.25, 0.3) is 0 Å². The Bertz CT molecular complexity index is 1110. The number of hydrogen-bond donors (Lipinski definition) is 1. The van der Waals surface area contributed by atoms with Gasteiger partial charge in [0.1, 0.15) is 13.2 Å². The molecule has 1 N–H and O–H groups in total. The molecule has 2 unspecified atom stereocenters. The number of esters is 2. The van der Waals surface area contributed by atoms with Gasteiger partial charge >= 0.3 is 17.9 Å². The van der Waals surface area contributed by atoms with E-state index < -0.39 is 24.3 Å². The minimum atomic E-state index is -1.51. The van der Waals surface area contributed by atoms with Crippen molar-refractivity contribution >= 4 is 17.9 Å². The molecule has 362 valence electrons. The topological polar surface area (TPSA) is 108 Å². The Labute approximate surface area is 381 Å². The van der Waals surface area contributed by atoms with Crippen LogP contribution in [-0.4, -0.2) is 87.4 Å². The fraction of sp³-hybridized carbons (Fsp3) is 0.830. The zero-order valence-corrected chi connectivity index (χ0v) is 41.0. The number of aliphatic carboxylic acids is 1. The lowest BCUT2D eigenvalue weighted by atomic mass is 10.1. The van der Waals surface area contributed by atoms with Crippen LogP contribution in [0.1, 0.15) is 226 Å². The van der Waals surface area contributed by atoms with Gasteiger partial charge in [-0.2, -0.15) is 0 Å². The number of rotatable bonds is 47. The minimum Gasteiger partial charge on any atom is -0.477 e. The minimum absolute atomic E-state index is 0.185. The second-order valence-electron chi connectivity index (χ2n) is 18.5. The molecule has 0 aliphatic carbocycles. The van der Waals surface area contributed by atoms with Crippen LogP contribution in [0.2, 0.25) is 0 Å². The predicted molar refractivity (Wildman–Crippen MR) is 258 cm³/mol.